The van der Waals surface area contributed by atoms with Gasteiger partial charge in [0.05, 0.1) is 0 Å². The molecule has 0 spiro atoms. The van der Waals surface area contributed by atoms with Crippen LogP contribution in [-0.4, -0.2) is 28.9 Å². The van der Waals surface area contributed by atoms with Crippen LogP contribution in [0.5, 0.6) is 0 Å². The number of amides is 1. The molecule has 16 heavy (non-hydrogen) atoms. The molecule has 1 aliphatic heterocycles. The largest absolute Gasteiger partial charge is 0.339 e. The predicted octanol–water partition coefficient (Wildman–Crippen LogP) is 0.890. The maximum atomic E-state index is 11.9. The van der Waals surface area contributed by atoms with Crippen molar-refractivity contribution in [2.24, 2.45) is 0 Å². The summed E-state index contributed by atoms with van der Waals surface area (Å²) in [7, 11) is 0. The average Bonchev–Trinajstić information content (AvgIpc) is 2.26. The lowest BCUT2D eigenvalue weighted by Crippen LogP contribution is -2.42. The number of hydrogen-bond acceptors (Lipinski definition) is 2. The van der Waals surface area contributed by atoms with Gasteiger partial charge in [-0.15, -0.1) is 12.8 Å². The number of nitrogens with zero attached hydrogens (tertiary/aromatic N) is 2. The number of likely N-dealkylation sites (tertiary alicyclic amines) is 1. The van der Waals surface area contributed by atoms with Gasteiger partial charge in [0.25, 0.3) is 5.91 Å². The molecule has 1 aromatic rings. The molecule has 3 nitrogen and oxygen atoms in total. The summed E-state index contributed by atoms with van der Waals surface area (Å²) in [5.74, 6) is 4.76. The molecule has 0 N–H and O–H groups in total. The molecule has 0 atom stereocenters. The molecule has 0 bridgehead atoms. The van der Waals surface area contributed by atoms with Crippen LogP contribution in [-0.2, 0) is 0 Å². The lowest BCUT2D eigenvalue weighted by molar-refractivity contribution is 0.0651. The Bertz CT molecular complexity index is 483. The fourth-order valence-electron chi connectivity index (χ4n) is 1.50. The average molecular weight is 210 g/mol. The number of rotatable bonds is 1. The molecule has 1 fully saturated rings. The predicted molar refractivity (Wildman–Crippen MR) is 60.6 cm³/mol. The summed E-state index contributed by atoms with van der Waals surface area (Å²) in [5, 5.41) is 0. The van der Waals surface area contributed by atoms with Crippen LogP contribution in [0.2, 0.25) is 0 Å². The van der Waals surface area contributed by atoms with Crippen molar-refractivity contribution in [2.75, 3.05) is 13.1 Å². The molecule has 2 rings (SSSR count). The van der Waals surface area contributed by atoms with Crippen molar-refractivity contribution >= 4 is 5.91 Å². The lowest BCUT2D eigenvalue weighted by Gasteiger charge is -2.30. The van der Waals surface area contributed by atoms with Gasteiger partial charge in [0.15, 0.2) is 0 Å². The first-order valence-electron chi connectivity index (χ1n) is 4.99. The van der Waals surface area contributed by atoms with Crippen molar-refractivity contribution in [3.8, 4) is 24.7 Å². The smallest absolute Gasteiger partial charge is 0.254 e. The van der Waals surface area contributed by atoms with E-state index in [1.165, 1.54) is 0 Å². The molecule has 0 unspecified atom stereocenters. The van der Waals surface area contributed by atoms with Crippen LogP contribution in [0.15, 0.2) is 12.1 Å². The Labute approximate surface area is 94.5 Å². The monoisotopic (exact) mass is 210 g/mol. The Kier molecular flexibility index (Phi) is 2.62. The van der Waals surface area contributed by atoms with E-state index in [4.69, 9.17) is 12.8 Å². The highest BCUT2D eigenvalue weighted by Gasteiger charge is 2.22. The zero-order chi connectivity index (χ0) is 11.5. The molecule has 0 saturated carbocycles. The Morgan fingerprint density at radius 3 is 2.19 bits per heavy atom. The van der Waals surface area contributed by atoms with E-state index in [1.54, 1.807) is 17.0 Å². The van der Waals surface area contributed by atoms with Crippen molar-refractivity contribution in [3.05, 3.63) is 29.1 Å². The van der Waals surface area contributed by atoms with Crippen LogP contribution in [0.4, 0.5) is 0 Å². The minimum atomic E-state index is -0.0262. The van der Waals surface area contributed by atoms with Crippen molar-refractivity contribution in [1.82, 2.24) is 9.88 Å². The number of aromatic nitrogens is 1. The number of carbonyl (C=O) groups excluding carboxylic acids is 1. The minimum absolute atomic E-state index is 0.0262. The van der Waals surface area contributed by atoms with Crippen molar-refractivity contribution < 1.29 is 4.79 Å². The van der Waals surface area contributed by atoms with Crippen LogP contribution in [0.25, 0.3) is 0 Å². The Morgan fingerprint density at radius 2 is 1.81 bits per heavy atom. The zero-order valence-corrected chi connectivity index (χ0v) is 8.73. The van der Waals surface area contributed by atoms with E-state index in [-0.39, 0.29) is 5.91 Å². The van der Waals surface area contributed by atoms with Gasteiger partial charge < -0.3 is 4.90 Å². The van der Waals surface area contributed by atoms with Gasteiger partial charge >= 0.3 is 0 Å². The molecule has 0 aromatic carbocycles. The zero-order valence-electron chi connectivity index (χ0n) is 8.73. The van der Waals surface area contributed by atoms with E-state index in [1.807, 2.05) is 0 Å². The molecule has 0 radical (unpaired) electrons. The fourth-order valence-corrected chi connectivity index (χ4v) is 1.50. The highest BCUT2D eigenvalue weighted by atomic mass is 16.2. The van der Waals surface area contributed by atoms with E-state index >= 15 is 0 Å². The Balaban J connectivity index is 2.37. The minimum Gasteiger partial charge on any atom is -0.339 e. The quantitative estimate of drug-likeness (QED) is 0.645. The third-order valence-electron chi connectivity index (χ3n) is 2.51. The van der Waals surface area contributed by atoms with Gasteiger partial charge in [0.2, 0.25) is 0 Å². The van der Waals surface area contributed by atoms with Crippen LogP contribution in [0.3, 0.4) is 0 Å². The Hall–Kier alpha value is -2.26. The number of carbonyl (C=O) groups is 1. The molecular formula is C13H10N2O. The van der Waals surface area contributed by atoms with E-state index in [2.05, 4.69) is 16.8 Å². The first-order valence-corrected chi connectivity index (χ1v) is 4.99. The normalized spacial score (nSPS) is 13.5. The highest BCUT2D eigenvalue weighted by Crippen LogP contribution is 2.13. The van der Waals surface area contributed by atoms with Gasteiger partial charge in [-0.1, -0.05) is 11.8 Å². The number of terminal acetylenes is 2. The molecule has 78 valence electrons. The molecule has 3 heteroatoms. The van der Waals surface area contributed by atoms with Crippen molar-refractivity contribution in [3.63, 3.8) is 0 Å². The molecule has 1 aliphatic rings. The molecule has 1 saturated heterocycles. The number of pyridine rings is 1. The summed E-state index contributed by atoms with van der Waals surface area (Å²) in [6.45, 7) is 1.61. The maximum Gasteiger partial charge on any atom is 0.254 e. The summed E-state index contributed by atoms with van der Waals surface area (Å²) in [6, 6.07) is 3.20. The van der Waals surface area contributed by atoms with Crippen LogP contribution in [0, 0.1) is 24.7 Å². The van der Waals surface area contributed by atoms with E-state index in [9.17, 15) is 4.79 Å². The molecular weight excluding hydrogens is 200 g/mol. The van der Waals surface area contributed by atoms with Crippen molar-refractivity contribution in [2.45, 2.75) is 6.42 Å². The van der Waals surface area contributed by atoms with E-state index in [0.717, 1.165) is 19.5 Å². The summed E-state index contributed by atoms with van der Waals surface area (Å²) >= 11 is 0. The van der Waals surface area contributed by atoms with Gasteiger partial charge in [-0.2, -0.15) is 0 Å². The Morgan fingerprint density at radius 1 is 1.25 bits per heavy atom. The van der Waals surface area contributed by atoms with Gasteiger partial charge in [-0.05, 0) is 18.6 Å². The highest BCUT2D eigenvalue weighted by molar-refractivity contribution is 5.95. The second-order valence-corrected chi connectivity index (χ2v) is 3.56. The van der Waals surface area contributed by atoms with E-state index in [0.29, 0.717) is 17.0 Å². The van der Waals surface area contributed by atoms with Gasteiger partial charge in [0, 0.05) is 18.7 Å². The van der Waals surface area contributed by atoms with Gasteiger partial charge in [-0.25, -0.2) is 4.98 Å². The van der Waals surface area contributed by atoms with E-state index < -0.39 is 0 Å². The second kappa shape index (κ2) is 4.08. The number of hydrogen-bond donors (Lipinski definition) is 0. The second-order valence-electron chi connectivity index (χ2n) is 3.56. The third-order valence-corrected chi connectivity index (χ3v) is 2.51. The topological polar surface area (TPSA) is 33.2 Å². The SMILES string of the molecule is C#Cc1cc(C(=O)N2CCC2)cc(C#C)n1. The van der Waals surface area contributed by atoms with Crippen molar-refractivity contribution in [1.29, 1.82) is 0 Å². The standard InChI is InChI=1S/C13H10N2O/c1-3-11-8-10(9-12(4-2)14-11)13(16)15-6-5-7-15/h1-2,8-9H,5-7H2. The summed E-state index contributed by atoms with van der Waals surface area (Å²) < 4.78 is 0. The molecule has 0 aliphatic carbocycles. The summed E-state index contributed by atoms with van der Waals surface area (Å²) in [6.07, 6.45) is 11.6. The summed E-state index contributed by atoms with van der Waals surface area (Å²) in [4.78, 5) is 17.7. The van der Waals surface area contributed by atoms with Crippen LogP contribution >= 0.6 is 0 Å². The fraction of sp³-hybridized carbons (Fsp3) is 0.231. The third kappa shape index (κ3) is 1.76. The summed E-state index contributed by atoms with van der Waals surface area (Å²) in [5.41, 5.74) is 1.33. The molecule has 1 amide bonds. The first kappa shape index (κ1) is 10.3. The van der Waals surface area contributed by atoms with Crippen LogP contribution < -0.4 is 0 Å². The molecule has 2 heterocycles. The van der Waals surface area contributed by atoms with Crippen LogP contribution in [0.1, 0.15) is 28.2 Å². The lowest BCUT2D eigenvalue weighted by atomic mass is 10.1. The first-order chi connectivity index (χ1) is 7.74. The van der Waals surface area contributed by atoms with Gasteiger partial charge in [-0.3, -0.25) is 4.79 Å². The maximum absolute atomic E-state index is 11.9. The van der Waals surface area contributed by atoms with Gasteiger partial charge in [0.1, 0.15) is 11.4 Å². The molecule has 1 aromatic heterocycles.